The molecule has 4 nitrogen and oxygen atoms in total. The smallest absolute Gasteiger partial charge is 0.126 e. The Balaban J connectivity index is 2.05. The summed E-state index contributed by atoms with van der Waals surface area (Å²) in [7, 11) is 0. The Bertz CT molecular complexity index is 527. The van der Waals surface area contributed by atoms with E-state index < -0.39 is 0 Å². The molecule has 0 saturated heterocycles. The highest BCUT2D eigenvalue weighted by molar-refractivity contribution is 9.10. The van der Waals surface area contributed by atoms with Crippen LogP contribution in [0.5, 0.6) is 0 Å². The highest BCUT2D eigenvalue weighted by Crippen LogP contribution is 2.15. The fraction of sp³-hybridized carbons (Fsp3) is 0.214. The number of hydrogen-bond acceptors (Lipinski definition) is 4. The Hall–Kier alpha value is -1.43. The predicted molar refractivity (Wildman–Crippen MR) is 81.3 cm³/mol. The third-order valence-corrected chi connectivity index (χ3v) is 3.55. The molecule has 1 unspecified atom stereocenters. The number of pyridine rings is 1. The molecule has 1 atom stereocenters. The second-order valence-electron chi connectivity index (χ2n) is 4.45. The monoisotopic (exact) mass is 320 g/mol. The van der Waals surface area contributed by atoms with Crippen molar-refractivity contribution in [2.75, 3.05) is 5.73 Å². The van der Waals surface area contributed by atoms with Crippen molar-refractivity contribution in [2.24, 2.45) is 5.84 Å². The lowest BCUT2D eigenvalue weighted by atomic mass is 10.00. The van der Waals surface area contributed by atoms with E-state index in [4.69, 9.17) is 11.6 Å². The van der Waals surface area contributed by atoms with E-state index in [2.05, 4.69) is 38.5 Å². The van der Waals surface area contributed by atoms with Crippen LogP contribution in [0.2, 0.25) is 0 Å². The Labute approximate surface area is 121 Å². The second-order valence-corrected chi connectivity index (χ2v) is 5.36. The summed E-state index contributed by atoms with van der Waals surface area (Å²) in [6.07, 6.45) is 3.29. The molecule has 2 aromatic rings. The van der Waals surface area contributed by atoms with E-state index in [0.29, 0.717) is 5.82 Å². The molecule has 0 bridgehead atoms. The fourth-order valence-electron chi connectivity index (χ4n) is 1.98. The number of nitrogens with two attached hydrogens (primary N) is 2. The van der Waals surface area contributed by atoms with Gasteiger partial charge in [-0.25, -0.2) is 4.98 Å². The highest BCUT2D eigenvalue weighted by atomic mass is 79.9. The van der Waals surface area contributed by atoms with Crippen LogP contribution in [-0.4, -0.2) is 11.0 Å². The molecule has 2 rings (SSSR count). The SMILES string of the molecule is NNC(Cc1ccc(Br)cc1)Cc1cccnc1N. The minimum absolute atomic E-state index is 0.132. The largest absolute Gasteiger partial charge is 0.383 e. The van der Waals surface area contributed by atoms with E-state index in [-0.39, 0.29) is 6.04 Å². The van der Waals surface area contributed by atoms with Gasteiger partial charge in [0.2, 0.25) is 0 Å². The van der Waals surface area contributed by atoms with Crippen LogP contribution < -0.4 is 17.0 Å². The van der Waals surface area contributed by atoms with Crippen LogP contribution >= 0.6 is 15.9 Å². The molecule has 1 aromatic carbocycles. The van der Waals surface area contributed by atoms with Gasteiger partial charge in [0.1, 0.15) is 5.82 Å². The maximum absolute atomic E-state index is 5.85. The third-order valence-electron chi connectivity index (χ3n) is 3.02. The summed E-state index contributed by atoms with van der Waals surface area (Å²) in [6.45, 7) is 0. The summed E-state index contributed by atoms with van der Waals surface area (Å²) < 4.78 is 1.07. The Morgan fingerprint density at radius 3 is 2.53 bits per heavy atom. The van der Waals surface area contributed by atoms with Crippen molar-refractivity contribution in [3.05, 3.63) is 58.2 Å². The Morgan fingerprint density at radius 2 is 1.89 bits per heavy atom. The van der Waals surface area contributed by atoms with Crippen LogP contribution in [0.15, 0.2) is 47.1 Å². The zero-order valence-corrected chi connectivity index (χ0v) is 12.1. The first-order valence-corrected chi connectivity index (χ1v) is 6.88. The second kappa shape index (κ2) is 6.65. The summed E-state index contributed by atoms with van der Waals surface area (Å²) in [5.41, 5.74) is 10.9. The maximum Gasteiger partial charge on any atom is 0.126 e. The molecule has 0 amide bonds. The molecule has 0 radical (unpaired) electrons. The molecule has 100 valence electrons. The van der Waals surface area contributed by atoms with E-state index >= 15 is 0 Å². The van der Waals surface area contributed by atoms with Gasteiger partial charge in [-0.15, -0.1) is 0 Å². The molecular formula is C14H17BrN4. The summed E-state index contributed by atoms with van der Waals surface area (Å²) >= 11 is 3.43. The number of halogens is 1. The first kappa shape index (κ1) is 14.0. The van der Waals surface area contributed by atoms with Gasteiger partial charge in [-0.1, -0.05) is 34.1 Å². The number of benzene rings is 1. The van der Waals surface area contributed by atoms with Crippen molar-refractivity contribution in [1.29, 1.82) is 0 Å². The predicted octanol–water partition coefficient (Wildman–Crippen LogP) is 2.04. The van der Waals surface area contributed by atoms with Gasteiger partial charge in [0.05, 0.1) is 0 Å². The van der Waals surface area contributed by atoms with Gasteiger partial charge in [0.15, 0.2) is 0 Å². The van der Waals surface area contributed by atoms with E-state index in [1.165, 1.54) is 5.56 Å². The summed E-state index contributed by atoms with van der Waals surface area (Å²) in [4.78, 5) is 4.09. The summed E-state index contributed by atoms with van der Waals surface area (Å²) in [5.74, 6) is 6.20. The normalized spacial score (nSPS) is 12.3. The van der Waals surface area contributed by atoms with Crippen LogP contribution in [0.1, 0.15) is 11.1 Å². The van der Waals surface area contributed by atoms with Crippen LogP contribution in [0, 0.1) is 0 Å². The van der Waals surface area contributed by atoms with E-state index in [0.717, 1.165) is 22.9 Å². The molecule has 0 fully saturated rings. The van der Waals surface area contributed by atoms with Gasteiger partial charge in [-0.3, -0.25) is 11.3 Å². The number of nitrogens with zero attached hydrogens (tertiary/aromatic N) is 1. The number of nitrogen functional groups attached to an aromatic ring is 1. The number of hydrogen-bond donors (Lipinski definition) is 3. The van der Waals surface area contributed by atoms with Gasteiger partial charge >= 0.3 is 0 Å². The molecule has 5 heteroatoms. The number of aromatic nitrogens is 1. The molecule has 5 N–H and O–H groups in total. The van der Waals surface area contributed by atoms with Crippen molar-refractivity contribution >= 4 is 21.7 Å². The van der Waals surface area contributed by atoms with E-state index in [1.807, 2.05) is 24.3 Å². The minimum atomic E-state index is 0.132. The highest BCUT2D eigenvalue weighted by Gasteiger charge is 2.11. The van der Waals surface area contributed by atoms with Crippen molar-refractivity contribution in [3.8, 4) is 0 Å². The van der Waals surface area contributed by atoms with Gasteiger partial charge in [-0.2, -0.15) is 0 Å². The first-order chi connectivity index (χ1) is 9.19. The van der Waals surface area contributed by atoms with Crippen LogP contribution in [0.25, 0.3) is 0 Å². The van der Waals surface area contributed by atoms with Gasteiger partial charge < -0.3 is 5.73 Å². The molecule has 0 spiro atoms. The third kappa shape index (κ3) is 4.02. The van der Waals surface area contributed by atoms with Gasteiger partial charge in [0, 0.05) is 16.7 Å². The standard InChI is InChI=1S/C14H17BrN4/c15-12-5-3-10(4-6-12)8-13(19-17)9-11-2-1-7-18-14(11)16/h1-7,13,19H,8-9,17H2,(H2,16,18). The number of rotatable bonds is 5. The summed E-state index contributed by atoms with van der Waals surface area (Å²) in [6, 6.07) is 12.2. The maximum atomic E-state index is 5.85. The Kier molecular flexibility index (Phi) is 4.90. The Morgan fingerprint density at radius 1 is 1.16 bits per heavy atom. The molecule has 1 aromatic heterocycles. The minimum Gasteiger partial charge on any atom is -0.383 e. The molecule has 0 aliphatic heterocycles. The average molecular weight is 321 g/mol. The zero-order chi connectivity index (χ0) is 13.7. The summed E-state index contributed by atoms with van der Waals surface area (Å²) in [5, 5.41) is 0. The lowest BCUT2D eigenvalue weighted by Crippen LogP contribution is -2.38. The number of anilines is 1. The number of nitrogens with one attached hydrogen (secondary N) is 1. The first-order valence-electron chi connectivity index (χ1n) is 6.09. The van der Waals surface area contributed by atoms with Gasteiger partial charge in [0.25, 0.3) is 0 Å². The number of hydrazine groups is 1. The average Bonchev–Trinajstić information content (AvgIpc) is 2.43. The molecule has 19 heavy (non-hydrogen) atoms. The molecule has 0 aliphatic rings. The van der Waals surface area contributed by atoms with Crippen molar-refractivity contribution in [2.45, 2.75) is 18.9 Å². The van der Waals surface area contributed by atoms with Crippen LogP contribution in [-0.2, 0) is 12.8 Å². The molecule has 0 saturated carbocycles. The molecule has 0 aliphatic carbocycles. The quantitative estimate of drug-likeness (QED) is 0.582. The topological polar surface area (TPSA) is 77.0 Å². The zero-order valence-electron chi connectivity index (χ0n) is 10.5. The van der Waals surface area contributed by atoms with Crippen LogP contribution in [0.4, 0.5) is 5.82 Å². The van der Waals surface area contributed by atoms with Crippen molar-refractivity contribution in [1.82, 2.24) is 10.4 Å². The molecule has 1 heterocycles. The van der Waals surface area contributed by atoms with Gasteiger partial charge in [-0.05, 0) is 42.2 Å². The lowest BCUT2D eigenvalue weighted by Gasteiger charge is -2.16. The lowest BCUT2D eigenvalue weighted by molar-refractivity contribution is 0.522. The van der Waals surface area contributed by atoms with E-state index in [1.54, 1.807) is 6.20 Å². The van der Waals surface area contributed by atoms with Crippen LogP contribution in [0.3, 0.4) is 0 Å². The molecular weight excluding hydrogens is 304 g/mol. The van der Waals surface area contributed by atoms with E-state index in [9.17, 15) is 0 Å². The van der Waals surface area contributed by atoms with Crippen molar-refractivity contribution < 1.29 is 0 Å². The van der Waals surface area contributed by atoms with Crippen molar-refractivity contribution in [3.63, 3.8) is 0 Å². The fourth-order valence-corrected chi connectivity index (χ4v) is 2.25.